The molecule has 0 spiro atoms. The van der Waals surface area contributed by atoms with Crippen molar-refractivity contribution < 1.29 is 0 Å². The first-order chi connectivity index (χ1) is 6.20. The topological polar surface area (TPSA) is 36.1 Å². The minimum Gasteiger partial charge on any atom is -0.316 e. The molecule has 0 aromatic carbocycles. The van der Waals surface area contributed by atoms with Crippen LogP contribution < -0.4 is 14.9 Å². The Morgan fingerprint density at radius 1 is 1.00 bits per heavy atom. The Bertz CT molecular complexity index is 142. The maximum atomic E-state index is 3.75. The molecule has 78 valence electrons. The highest BCUT2D eigenvalue weighted by molar-refractivity contribution is 6.71. The Kier molecular flexibility index (Phi) is 4.38. The van der Waals surface area contributed by atoms with E-state index in [-0.39, 0.29) is 0 Å². The molecule has 4 heteroatoms. The summed E-state index contributed by atoms with van der Waals surface area (Å²) in [5.74, 6) is 0. The molecule has 0 bridgehead atoms. The molecule has 1 aliphatic carbocycles. The molecule has 1 rings (SSSR count). The molecule has 0 saturated heterocycles. The van der Waals surface area contributed by atoms with Crippen molar-refractivity contribution in [2.75, 3.05) is 14.1 Å². The van der Waals surface area contributed by atoms with Crippen LogP contribution >= 0.6 is 0 Å². The Balaban J connectivity index is 2.35. The Morgan fingerprint density at radius 2 is 1.54 bits per heavy atom. The van der Waals surface area contributed by atoms with E-state index in [1.54, 1.807) is 0 Å². The van der Waals surface area contributed by atoms with E-state index < -0.39 is 8.56 Å². The summed E-state index contributed by atoms with van der Waals surface area (Å²) in [7, 11) is 2.55. The van der Waals surface area contributed by atoms with Gasteiger partial charge in [0.15, 0.2) is 0 Å². The van der Waals surface area contributed by atoms with Crippen LogP contribution in [0.25, 0.3) is 0 Å². The van der Waals surface area contributed by atoms with Crippen LogP contribution in [0.2, 0.25) is 6.55 Å². The van der Waals surface area contributed by atoms with Crippen LogP contribution in [-0.2, 0) is 0 Å². The molecular weight excluding hydrogens is 178 g/mol. The molecule has 0 radical (unpaired) electrons. The van der Waals surface area contributed by atoms with Gasteiger partial charge in [0.25, 0.3) is 8.56 Å². The highest BCUT2D eigenvalue weighted by Gasteiger charge is 2.27. The largest absolute Gasteiger partial charge is 0.316 e. The minimum absolute atomic E-state index is 0.741. The summed E-state index contributed by atoms with van der Waals surface area (Å²) < 4.78 is 0. The third-order valence-corrected chi connectivity index (χ3v) is 6.08. The van der Waals surface area contributed by atoms with Crippen LogP contribution in [0.1, 0.15) is 32.1 Å². The van der Waals surface area contributed by atoms with Crippen LogP contribution in [0.3, 0.4) is 0 Å². The van der Waals surface area contributed by atoms with Crippen molar-refractivity contribution in [1.29, 1.82) is 0 Å². The zero-order chi connectivity index (χ0) is 9.73. The summed E-state index contributed by atoms with van der Waals surface area (Å²) in [6.45, 7) is 2.28. The fourth-order valence-corrected chi connectivity index (χ4v) is 3.57. The van der Waals surface area contributed by atoms with E-state index in [1.165, 1.54) is 32.1 Å². The minimum atomic E-state index is -1.53. The highest BCUT2D eigenvalue weighted by Crippen LogP contribution is 2.17. The smallest absolute Gasteiger partial charge is 0.277 e. The predicted octanol–water partition coefficient (Wildman–Crippen LogP) is 0.916. The summed E-state index contributed by atoms with van der Waals surface area (Å²) in [6, 6.07) is 0.741. The van der Waals surface area contributed by atoms with Crippen molar-refractivity contribution in [3.63, 3.8) is 0 Å². The fraction of sp³-hybridized carbons (Fsp3) is 1.00. The molecule has 13 heavy (non-hydrogen) atoms. The quantitative estimate of drug-likeness (QED) is 0.592. The second-order valence-electron chi connectivity index (χ2n) is 4.10. The lowest BCUT2D eigenvalue weighted by Crippen LogP contribution is -2.70. The van der Waals surface area contributed by atoms with Crippen molar-refractivity contribution >= 4 is 8.56 Å². The molecular formula is C9H23N3Si. The monoisotopic (exact) mass is 201 g/mol. The first-order valence-corrected chi connectivity index (χ1v) is 7.86. The SMILES string of the molecule is CN[Si](C)(NC)NC1CCCCC1. The average Bonchev–Trinajstić information content (AvgIpc) is 2.19. The summed E-state index contributed by atoms with van der Waals surface area (Å²) >= 11 is 0. The molecule has 0 amide bonds. The molecule has 1 saturated carbocycles. The first kappa shape index (κ1) is 11.2. The number of nitrogens with one attached hydrogen (secondary N) is 3. The van der Waals surface area contributed by atoms with Crippen molar-refractivity contribution in [2.45, 2.75) is 44.7 Å². The number of hydrogen-bond acceptors (Lipinski definition) is 3. The first-order valence-electron chi connectivity index (χ1n) is 5.36. The Labute approximate surface area is 82.9 Å². The highest BCUT2D eigenvalue weighted by atomic mass is 28.4. The normalized spacial score (nSPS) is 20.5. The third-order valence-electron chi connectivity index (χ3n) is 3.10. The van der Waals surface area contributed by atoms with Crippen LogP contribution in [0.15, 0.2) is 0 Å². The van der Waals surface area contributed by atoms with Crippen LogP contribution in [-0.4, -0.2) is 28.7 Å². The Morgan fingerprint density at radius 3 is 2.00 bits per heavy atom. The van der Waals surface area contributed by atoms with Gasteiger partial charge >= 0.3 is 0 Å². The van der Waals surface area contributed by atoms with Gasteiger partial charge in [-0.2, -0.15) is 0 Å². The molecule has 0 aromatic rings. The summed E-state index contributed by atoms with van der Waals surface area (Å²) in [5, 5.41) is 0. The maximum Gasteiger partial charge on any atom is 0.277 e. The predicted molar refractivity (Wildman–Crippen MR) is 59.7 cm³/mol. The van der Waals surface area contributed by atoms with Gasteiger partial charge in [0.05, 0.1) is 0 Å². The number of rotatable bonds is 4. The van der Waals surface area contributed by atoms with E-state index in [0.29, 0.717) is 0 Å². The van der Waals surface area contributed by atoms with Crippen molar-refractivity contribution in [3.8, 4) is 0 Å². The zero-order valence-corrected chi connectivity index (χ0v) is 10.1. The summed E-state index contributed by atoms with van der Waals surface area (Å²) in [6.07, 6.45) is 6.93. The average molecular weight is 201 g/mol. The van der Waals surface area contributed by atoms with Gasteiger partial charge in [-0.25, -0.2) is 0 Å². The van der Waals surface area contributed by atoms with Gasteiger partial charge in [-0.3, -0.25) is 0 Å². The second kappa shape index (κ2) is 5.10. The standard InChI is InChI=1S/C9H23N3Si/c1-10-13(3,11-2)12-9-7-5-4-6-8-9/h9-12H,4-8H2,1-3H3. The van der Waals surface area contributed by atoms with E-state index >= 15 is 0 Å². The summed E-state index contributed by atoms with van der Waals surface area (Å²) in [5.41, 5.74) is 0. The lowest BCUT2D eigenvalue weighted by molar-refractivity contribution is 0.410. The fourth-order valence-electron chi connectivity index (χ4n) is 1.92. The van der Waals surface area contributed by atoms with Gasteiger partial charge in [0, 0.05) is 6.04 Å². The zero-order valence-electron chi connectivity index (χ0n) is 9.11. The lowest BCUT2D eigenvalue weighted by Gasteiger charge is -2.33. The third kappa shape index (κ3) is 3.38. The lowest BCUT2D eigenvalue weighted by atomic mass is 9.96. The second-order valence-corrected chi connectivity index (χ2v) is 7.64. The van der Waals surface area contributed by atoms with Crippen LogP contribution in [0.5, 0.6) is 0 Å². The Hall–Kier alpha value is 0.0969. The van der Waals surface area contributed by atoms with Crippen molar-refractivity contribution in [3.05, 3.63) is 0 Å². The molecule has 3 N–H and O–H groups in total. The van der Waals surface area contributed by atoms with Gasteiger partial charge in [-0.1, -0.05) is 19.3 Å². The van der Waals surface area contributed by atoms with Gasteiger partial charge in [-0.05, 0) is 33.5 Å². The van der Waals surface area contributed by atoms with Crippen LogP contribution in [0, 0.1) is 0 Å². The molecule has 0 atom stereocenters. The van der Waals surface area contributed by atoms with E-state index in [2.05, 4.69) is 21.5 Å². The van der Waals surface area contributed by atoms with E-state index in [1.807, 2.05) is 14.1 Å². The van der Waals surface area contributed by atoms with Crippen molar-refractivity contribution in [2.24, 2.45) is 0 Å². The molecule has 0 unspecified atom stereocenters. The van der Waals surface area contributed by atoms with E-state index in [0.717, 1.165) is 6.04 Å². The van der Waals surface area contributed by atoms with Crippen LogP contribution in [0.4, 0.5) is 0 Å². The summed E-state index contributed by atoms with van der Waals surface area (Å²) in [4.78, 5) is 10.5. The molecule has 0 heterocycles. The number of hydrogen-bond donors (Lipinski definition) is 3. The molecule has 3 nitrogen and oxygen atoms in total. The van der Waals surface area contributed by atoms with Gasteiger partial charge < -0.3 is 14.9 Å². The van der Waals surface area contributed by atoms with Gasteiger partial charge in [0.1, 0.15) is 0 Å². The molecule has 0 aliphatic heterocycles. The molecule has 0 aromatic heterocycles. The van der Waals surface area contributed by atoms with E-state index in [4.69, 9.17) is 0 Å². The molecule has 1 aliphatic rings. The van der Waals surface area contributed by atoms with E-state index in [9.17, 15) is 0 Å². The van der Waals surface area contributed by atoms with Crippen molar-refractivity contribution in [1.82, 2.24) is 14.9 Å². The van der Waals surface area contributed by atoms with Gasteiger partial charge in [-0.15, -0.1) is 0 Å². The molecule has 1 fully saturated rings. The maximum absolute atomic E-state index is 3.75. The van der Waals surface area contributed by atoms with Gasteiger partial charge in [0.2, 0.25) is 0 Å².